The summed E-state index contributed by atoms with van der Waals surface area (Å²) in [6, 6.07) is 0.531. The molecular weight excluding hydrogens is 246 g/mol. The average Bonchev–Trinajstić information content (AvgIpc) is 2.14. The van der Waals surface area contributed by atoms with Crippen molar-refractivity contribution < 1.29 is 4.74 Å². The van der Waals surface area contributed by atoms with Crippen molar-refractivity contribution in [1.29, 1.82) is 0 Å². The topological polar surface area (TPSA) is 12.5 Å². The quantitative estimate of drug-likeness (QED) is 0.706. The first-order chi connectivity index (χ1) is 8.82. The number of ether oxygens (including phenoxy) is 1. The van der Waals surface area contributed by atoms with E-state index in [1.54, 1.807) is 0 Å². The van der Waals surface area contributed by atoms with E-state index in [1.807, 2.05) is 0 Å². The predicted octanol–water partition coefficient (Wildman–Crippen LogP) is 5.01. The standard InChI is InChI=1S/C18H37NO/c1-16(2,3)19(17(4,5)6)14-12-10-11-13-15(14)20-18(7,8)9/h14-15H,10-13H2,1-9H3/t14?,15-/m0/s1. The molecule has 2 nitrogen and oxygen atoms in total. The lowest BCUT2D eigenvalue weighted by molar-refractivity contribution is -0.141. The number of hydrogen-bond acceptors (Lipinski definition) is 2. The van der Waals surface area contributed by atoms with E-state index < -0.39 is 0 Å². The monoisotopic (exact) mass is 283 g/mol. The van der Waals surface area contributed by atoms with Gasteiger partial charge in [-0.1, -0.05) is 12.8 Å². The molecule has 1 saturated carbocycles. The van der Waals surface area contributed by atoms with E-state index in [0.29, 0.717) is 12.1 Å². The first-order valence-electron chi connectivity index (χ1n) is 8.30. The highest BCUT2D eigenvalue weighted by Crippen LogP contribution is 2.36. The third kappa shape index (κ3) is 5.04. The van der Waals surface area contributed by atoms with E-state index in [-0.39, 0.29) is 16.7 Å². The molecule has 2 heteroatoms. The SMILES string of the molecule is CC(C)(C)O[C@H]1CCCCC1N(C(C)(C)C)C(C)(C)C. The Morgan fingerprint density at radius 2 is 1.20 bits per heavy atom. The van der Waals surface area contributed by atoms with E-state index in [1.165, 1.54) is 25.7 Å². The van der Waals surface area contributed by atoms with Crippen LogP contribution in [0.5, 0.6) is 0 Å². The molecule has 0 amide bonds. The zero-order chi connectivity index (χ0) is 15.8. The van der Waals surface area contributed by atoms with E-state index in [0.717, 1.165) is 0 Å². The lowest BCUT2D eigenvalue weighted by Crippen LogP contribution is -2.62. The van der Waals surface area contributed by atoms with Gasteiger partial charge in [0.1, 0.15) is 0 Å². The van der Waals surface area contributed by atoms with Crippen LogP contribution in [0.2, 0.25) is 0 Å². The molecule has 0 radical (unpaired) electrons. The number of nitrogens with zero attached hydrogens (tertiary/aromatic N) is 1. The zero-order valence-electron chi connectivity index (χ0n) is 15.3. The van der Waals surface area contributed by atoms with Crippen molar-refractivity contribution in [3.63, 3.8) is 0 Å². The van der Waals surface area contributed by atoms with Crippen LogP contribution in [-0.4, -0.2) is 33.7 Å². The van der Waals surface area contributed by atoms with Gasteiger partial charge in [-0.25, -0.2) is 0 Å². The van der Waals surface area contributed by atoms with Crippen LogP contribution in [0, 0.1) is 0 Å². The van der Waals surface area contributed by atoms with Crippen LogP contribution in [0.3, 0.4) is 0 Å². The van der Waals surface area contributed by atoms with Gasteiger partial charge in [0.15, 0.2) is 0 Å². The van der Waals surface area contributed by atoms with Crippen molar-refractivity contribution in [3.8, 4) is 0 Å². The van der Waals surface area contributed by atoms with Gasteiger partial charge in [-0.15, -0.1) is 0 Å². The Labute approximate surface area is 127 Å². The van der Waals surface area contributed by atoms with Gasteiger partial charge in [0.05, 0.1) is 11.7 Å². The van der Waals surface area contributed by atoms with Crippen LogP contribution in [-0.2, 0) is 4.74 Å². The van der Waals surface area contributed by atoms with E-state index >= 15 is 0 Å². The van der Waals surface area contributed by atoms with E-state index in [2.05, 4.69) is 67.2 Å². The summed E-state index contributed by atoms with van der Waals surface area (Å²) in [5.41, 5.74) is 0.279. The highest BCUT2D eigenvalue weighted by atomic mass is 16.5. The molecule has 1 rings (SSSR count). The molecule has 120 valence electrons. The van der Waals surface area contributed by atoms with Crippen molar-refractivity contribution >= 4 is 0 Å². The molecule has 0 N–H and O–H groups in total. The highest BCUT2D eigenvalue weighted by molar-refractivity contribution is 4.97. The fourth-order valence-electron chi connectivity index (χ4n) is 3.97. The summed E-state index contributed by atoms with van der Waals surface area (Å²) >= 11 is 0. The third-order valence-corrected chi connectivity index (χ3v) is 3.95. The van der Waals surface area contributed by atoms with Crippen LogP contribution in [0.25, 0.3) is 0 Å². The van der Waals surface area contributed by atoms with E-state index in [9.17, 15) is 0 Å². The average molecular weight is 284 g/mol. The Hall–Kier alpha value is -0.0800. The minimum absolute atomic E-state index is 0.0539. The lowest BCUT2D eigenvalue weighted by Gasteiger charge is -2.54. The second-order valence-electron chi connectivity index (χ2n) is 9.33. The molecule has 2 atom stereocenters. The van der Waals surface area contributed by atoms with Gasteiger partial charge in [-0.2, -0.15) is 0 Å². The Balaban J connectivity index is 3.02. The summed E-state index contributed by atoms with van der Waals surface area (Å²) < 4.78 is 6.42. The minimum Gasteiger partial charge on any atom is -0.371 e. The van der Waals surface area contributed by atoms with Crippen molar-refractivity contribution in [2.24, 2.45) is 0 Å². The van der Waals surface area contributed by atoms with Gasteiger partial charge in [0.25, 0.3) is 0 Å². The first kappa shape index (κ1) is 18.0. The molecule has 0 heterocycles. The largest absolute Gasteiger partial charge is 0.371 e. The normalized spacial score (nSPS) is 26.1. The van der Waals surface area contributed by atoms with Gasteiger partial charge < -0.3 is 4.74 Å². The summed E-state index contributed by atoms with van der Waals surface area (Å²) in [5, 5.41) is 0. The Morgan fingerprint density at radius 1 is 0.750 bits per heavy atom. The molecule has 0 bridgehead atoms. The van der Waals surface area contributed by atoms with Crippen molar-refractivity contribution in [2.75, 3.05) is 0 Å². The van der Waals surface area contributed by atoms with E-state index in [4.69, 9.17) is 4.74 Å². The maximum atomic E-state index is 6.42. The maximum absolute atomic E-state index is 6.42. The summed E-state index contributed by atoms with van der Waals surface area (Å²) in [6.45, 7) is 20.5. The molecule has 1 aliphatic carbocycles. The Bertz CT molecular complexity index is 289. The summed E-state index contributed by atoms with van der Waals surface area (Å²) in [5.74, 6) is 0. The Morgan fingerprint density at radius 3 is 1.60 bits per heavy atom. The lowest BCUT2D eigenvalue weighted by atomic mass is 9.84. The molecule has 0 spiro atoms. The molecule has 0 saturated heterocycles. The Kier molecular flexibility index (Phi) is 5.36. The van der Waals surface area contributed by atoms with Gasteiger partial charge in [-0.3, -0.25) is 4.90 Å². The minimum atomic E-state index is -0.0539. The number of hydrogen-bond donors (Lipinski definition) is 0. The molecular formula is C18H37NO. The molecule has 20 heavy (non-hydrogen) atoms. The van der Waals surface area contributed by atoms with Crippen LogP contribution in [0.4, 0.5) is 0 Å². The van der Waals surface area contributed by atoms with Crippen molar-refractivity contribution in [2.45, 2.75) is 117 Å². The fourth-order valence-corrected chi connectivity index (χ4v) is 3.97. The molecule has 0 aromatic heterocycles. The molecule has 0 aromatic carbocycles. The van der Waals surface area contributed by atoms with Crippen molar-refractivity contribution in [3.05, 3.63) is 0 Å². The third-order valence-electron chi connectivity index (χ3n) is 3.95. The summed E-state index contributed by atoms with van der Waals surface area (Å²) in [4.78, 5) is 2.69. The smallest absolute Gasteiger partial charge is 0.0737 e. The summed E-state index contributed by atoms with van der Waals surface area (Å²) in [6.07, 6.45) is 5.46. The summed E-state index contributed by atoms with van der Waals surface area (Å²) in [7, 11) is 0. The first-order valence-corrected chi connectivity index (χ1v) is 8.30. The van der Waals surface area contributed by atoms with Gasteiger partial charge in [0, 0.05) is 17.1 Å². The molecule has 1 aliphatic rings. The van der Waals surface area contributed by atoms with Crippen molar-refractivity contribution in [1.82, 2.24) is 4.90 Å². The van der Waals surface area contributed by atoms with Crippen LogP contribution < -0.4 is 0 Å². The molecule has 0 aromatic rings. The predicted molar refractivity (Wildman–Crippen MR) is 88.2 cm³/mol. The fraction of sp³-hybridized carbons (Fsp3) is 1.00. The van der Waals surface area contributed by atoms with Crippen LogP contribution >= 0.6 is 0 Å². The van der Waals surface area contributed by atoms with Crippen LogP contribution in [0.15, 0.2) is 0 Å². The molecule has 0 aliphatic heterocycles. The molecule has 1 fully saturated rings. The van der Waals surface area contributed by atoms with Gasteiger partial charge >= 0.3 is 0 Å². The second kappa shape index (κ2) is 5.96. The highest BCUT2D eigenvalue weighted by Gasteiger charge is 2.42. The zero-order valence-corrected chi connectivity index (χ0v) is 15.3. The number of rotatable bonds is 2. The molecule has 1 unspecified atom stereocenters. The van der Waals surface area contributed by atoms with Crippen LogP contribution in [0.1, 0.15) is 88.0 Å². The second-order valence-corrected chi connectivity index (χ2v) is 9.33. The van der Waals surface area contributed by atoms with Gasteiger partial charge in [0.2, 0.25) is 0 Å². The maximum Gasteiger partial charge on any atom is 0.0737 e. The van der Waals surface area contributed by atoms with Gasteiger partial charge in [-0.05, 0) is 75.2 Å².